The summed E-state index contributed by atoms with van der Waals surface area (Å²) in [5, 5.41) is 2.91. The zero-order valence-corrected chi connectivity index (χ0v) is 23.0. The van der Waals surface area contributed by atoms with E-state index in [1.165, 1.54) is 53.1 Å². The van der Waals surface area contributed by atoms with Crippen LogP contribution in [0.3, 0.4) is 0 Å². The number of hydrazine groups is 1. The van der Waals surface area contributed by atoms with E-state index in [-0.39, 0.29) is 28.3 Å². The van der Waals surface area contributed by atoms with Gasteiger partial charge in [0.2, 0.25) is 5.91 Å². The third-order valence-electron chi connectivity index (χ3n) is 5.82. The number of amides is 4. The van der Waals surface area contributed by atoms with Gasteiger partial charge in [-0.15, -0.1) is 13.2 Å². The van der Waals surface area contributed by atoms with E-state index >= 15 is 0 Å². The monoisotopic (exact) mass is 585 g/mol. The number of nitrogens with zero attached hydrogens (tertiary/aromatic N) is 2. The quantitative estimate of drug-likeness (QED) is 0.275. The van der Waals surface area contributed by atoms with Gasteiger partial charge in [0.1, 0.15) is 5.75 Å². The summed E-state index contributed by atoms with van der Waals surface area (Å²) in [4.78, 5) is 43.5. The molecule has 3 aromatic rings. The van der Waals surface area contributed by atoms with E-state index in [0.29, 0.717) is 17.1 Å². The SMILES string of the molecule is Cc1ccc(C(C)C)c(N2C(=O)CSC2=NC(=O)Nc2ccc(C(=O)NNc3ccc(OC(F)(F)F)cc3)cc2)c1. The smallest absolute Gasteiger partial charge is 0.406 e. The molecule has 214 valence electrons. The number of ether oxygens (including phenoxy) is 1. The Balaban J connectivity index is 1.37. The summed E-state index contributed by atoms with van der Waals surface area (Å²) in [6.45, 7) is 5.98. The van der Waals surface area contributed by atoms with Crippen molar-refractivity contribution in [3.8, 4) is 5.75 Å². The van der Waals surface area contributed by atoms with Crippen molar-refractivity contribution < 1.29 is 32.3 Å². The minimum atomic E-state index is -4.80. The molecule has 1 saturated heterocycles. The van der Waals surface area contributed by atoms with Crippen LogP contribution in [0.25, 0.3) is 0 Å². The molecule has 41 heavy (non-hydrogen) atoms. The number of hydrogen-bond acceptors (Lipinski definition) is 6. The van der Waals surface area contributed by atoms with Crippen molar-refractivity contribution in [2.24, 2.45) is 4.99 Å². The highest BCUT2D eigenvalue weighted by atomic mass is 32.2. The Bertz CT molecular complexity index is 1480. The number of thioether (sulfide) groups is 1. The Hall–Kier alpha value is -4.52. The lowest BCUT2D eigenvalue weighted by molar-refractivity contribution is -0.274. The highest BCUT2D eigenvalue weighted by molar-refractivity contribution is 8.15. The van der Waals surface area contributed by atoms with Gasteiger partial charge in [0.15, 0.2) is 5.17 Å². The minimum Gasteiger partial charge on any atom is -0.406 e. The Labute approximate surface area is 238 Å². The van der Waals surface area contributed by atoms with Gasteiger partial charge in [-0.25, -0.2) is 4.79 Å². The molecule has 9 nitrogen and oxygen atoms in total. The van der Waals surface area contributed by atoms with Gasteiger partial charge in [-0.1, -0.05) is 37.7 Å². The van der Waals surface area contributed by atoms with Gasteiger partial charge in [0.05, 0.1) is 17.1 Å². The summed E-state index contributed by atoms with van der Waals surface area (Å²) in [5.41, 5.74) is 8.64. The Morgan fingerprint density at radius 3 is 2.29 bits per heavy atom. The van der Waals surface area contributed by atoms with Crippen LogP contribution in [0.1, 0.15) is 41.3 Å². The van der Waals surface area contributed by atoms with Crippen LogP contribution in [0.15, 0.2) is 71.7 Å². The zero-order valence-electron chi connectivity index (χ0n) is 22.2. The summed E-state index contributed by atoms with van der Waals surface area (Å²) in [5.74, 6) is -0.749. The molecule has 0 aromatic heterocycles. The number of nitrogens with one attached hydrogen (secondary N) is 3. The second-order valence-corrected chi connectivity index (χ2v) is 10.2. The lowest BCUT2D eigenvalue weighted by Gasteiger charge is -2.22. The average molecular weight is 586 g/mol. The first-order valence-electron chi connectivity index (χ1n) is 12.4. The molecule has 0 bridgehead atoms. The standard InChI is InChI=1S/C28H26F3N5O4S/c1-16(2)22-13-4-17(3)14-23(22)36-24(37)15-41-27(36)33-26(39)32-19-7-5-18(6-8-19)25(38)35-34-20-9-11-21(12-10-20)40-28(29,30)31/h4-14,16,34H,15H2,1-3H3,(H,32,39)(H,35,38). The van der Waals surface area contributed by atoms with Gasteiger partial charge in [0.25, 0.3) is 5.91 Å². The van der Waals surface area contributed by atoms with Crippen LogP contribution >= 0.6 is 11.8 Å². The van der Waals surface area contributed by atoms with Crippen LogP contribution in [-0.2, 0) is 4.79 Å². The molecule has 0 unspecified atom stereocenters. The molecule has 13 heteroatoms. The molecule has 0 atom stereocenters. The Morgan fingerprint density at radius 2 is 1.66 bits per heavy atom. The van der Waals surface area contributed by atoms with Crippen molar-refractivity contribution >= 4 is 51.8 Å². The highest BCUT2D eigenvalue weighted by Gasteiger charge is 2.33. The fourth-order valence-corrected chi connectivity index (χ4v) is 4.76. The molecule has 3 aromatic carbocycles. The molecule has 0 spiro atoms. The third kappa shape index (κ3) is 7.78. The van der Waals surface area contributed by atoms with Crippen LogP contribution in [0.4, 0.5) is 35.0 Å². The molecular formula is C28H26F3N5O4S. The van der Waals surface area contributed by atoms with Crippen molar-refractivity contribution in [1.82, 2.24) is 5.43 Å². The fourth-order valence-electron chi connectivity index (χ4n) is 3.90. The Morgan fingerprint density at radius 1 is 1.00 bits per heavy atom. The predicted molar refractivity (Wildman–Crippen MR) is 152 cm³/mol. The zero-order chi connectivity index (χ0) is 29.7. The van der Waals surface area contributed by atoms with Crippen molar-refractivity contribution in [2.45, 2.75) is 33.1 Å². The second-order valence-electron chi connectivity index (χ2n) is 9.29. The molecule has 1 heterocycles. The first kappa shape index (κ1) is 29.5. The first-order valence-corrected chi connectivity index (χ1v) is 13.4. The molecular weight excluding hydrogens is 559 g/mol. The summed E-state index contributed by atoms with van der Waals surface area (Å²) in [6.07, 6.45) is -4.80. The van der Waals surface area contributed by atoms with E-state index in [4.69, 9.17) is 0 Å². The largest absolute Gasteiger partial charge is 0.573 e. The number of benzene rings is 3. The van der Waals surface area contributed by atoms with Crippen molar-refractivity contribution in [2.75, 3.05) is 21.4 Å². The molecule has 4 rings (SSSR count). The minimum absolute atomic E-state index is 0.156. The lowest BCUT2D eigenvalue weighted by atomic mass is 9.99. The molecule has 0 aliphatic carbocycles. The summed E-state index contributed by atoms with van der Waals surface area (Å²) in [6, 6.07) is 16.0. The number of carbonyl (C=O) groups is 3. The number of rotatable bonds is 7. The highest BCUT2D eigenvalue weighted by Crippen LogP contribution is 2.34. The molecule has 1 fully saturated rings. The van der Waals surface area contributed by atoms with Gasteiger partial charge in [-0.2, -0.15) is 4.99 Å². The van der Waals surface area contributed by atoms with Crippen molar-refractivity contribution in [1.29, 1.82) is 0 Å². The number of anilines is 3. The average Bonchev–Trinajstić information content (AvgIpc) is 3.26. The van der Waals surface area contributed by atoms with Gasteiger partial charge in [-0.3, -0.25) is 25.3 Å². The van der Waals surface area contributed by atoms with Crippen LogP contribution in [0.2, 0.25) is 0 Å². The summed E-state index contributed by atoms with van der Waals surface area (Å²) < 4.78 is 40.6. The fraction of sp³-hybridized carbons (Fsp3) is 0.214. The van der Waals surface area contributed by atoms with E-state index in [9.17, 15) is 27.6 Å². The van der Waals surface area contributed by atoms with Gasteiger partial charge in [0, 0.05) is 11.3 Å². The maximum Gasteiger partial charge on any atom is 0.573 e. The van der Waals surface area contributed by atoms with E-state index < -0.39 is 24.1 Å². The van der Waals surface area contributed by atoms with Crippen LogP contribution in [0.5, 0.6) is 5.75 Å². The molecule has 1 aliphatic heterocycles. The van der Waals surface area contributed by atoms with Crippen LogP contribution < -0.4 is 25.8 Å². The van der Waals surface area contributed by atoms with E-state index in [0.717, 1.165) is 23.3 Å². The van der Waals surface area contributed by atoms with Crippen LogP contribution in [0, 0.1) is 6.92 Å². The van der Waals surface area contributed by atoms with E-state index in [1.54, 1.807) is 0 Å². The third-order valence-corrected chi connectivity index (χ3v) is 6.74. The molecule has 0 radical (unpaired) electrons. The second kappa shape index (κ2) is 12.3. The number of alkyl halides is 3. The molecule has 3 N–H and O–H groups in total. The number of halogens is 3. The number of carbonyl (C=O) groups excluding carboxylic acids is 3. The van der Waals surface area contributed by atoms with E-state index in [2.05, 4.69) is 25.9 Å². The topological polar surface area (TPSA) is 112 Å². The van der Waals surface area contributed by atoms with Crippen molar-refractivity contribution in [3.05, 3.63) is 83.4 Å². The maximum atomic E-state index is 12.7. The number of hydrogen-bond donors (Lipinski definition) is 3. The van der Waals surface area contributed by atoms with E-state index in [1.807, 2.05) is 39.0 Å². The van der Waals surface area contributed by atoms with Gasteiger partial charge < -0.3 is 10.1 Å². The summed E-state index contributed by atoms with van der Waals surface area (Å²) in [7, 11) is 0. The normalized spacial score (nSPS) is 14.4. The predicted octanol–water partition coefficient (Wildman–Crippen LogP) is 6.44. The van der Waals surface area contributed by atoms with Crippen molar-refractivity contribution in [3.63, 3.8) is 0 Å². The number of aryl methyl sites for hydroxylation is 1. The maximum absolute atomic E-state index is 12.7. The first-order chi connectivity index (χ1) is 19.4. The van der Waals surface area contributed by atoms with Crippen LogP contribution in [-0.4, -0.2) is 35.1 Å². The molecule has 1 aliphatic rings. The number of urea groups is 1. The molecule has 0 saturated carbocycles. The number of aliphatic imine (C=N–C) groups is 1. The molecule has 4 amide bonds. The lowest BCUT2D eigenvalue weighted by Crippen LogP contribution is -2.31. The summed E-state index contributed by atoms with van der Waals surface area (Å²) >= 11 is 1.18. The Kier molecular flexibility index (Phi) is 8.86. The van der Waals surface area contributed by atoms with Gasteiger partial charge in [-0.05, 0) is 78.6 Å². The van der Waals surface area contributed by atoms with Gasteiger partial charge >= 0.3 is 12.4 Å². The number of amidine groups is 1.